The molecule has 0 unspecified atom stereocenters. The summed E-state index contributed by atoms with van der Waals surface area (Å²) < 4.78 is 0. The molecule has 0 spiro atoms. The highest BCUT2D eigenvalue weighted by atomic mass is 16.1. The first-order chi connectivity index (χ1) is 12.3. The lowest BCUT2D eigenvalue weighted by Crippen LogP contribution is -2.39. The van der Waals surface area contributed by atoms with Crippen LogP contribution < -0.4 is 5.56 Å². The smallest absolute Gasteiger partial charge is 0.258 e. The number of hydrogen-bond acceptors (Lipinski definition) is 4. The number of aromatic nitrogens is 2. The van der Waals surface area contributed by atoms with Gasteiger partial charge in [-0.2, -0.15) is 0 Å². The minimum Gasteiger partial charge on any atom is -0.310 e. The number of nitrogens with zero attached hydrogens (tertiary/aromatic N) is 3. The molecule has 2 aromatic rings. The quantitative estimate of drug-likeness (QED) is 0.907. The summed E-state index contributed by atoms with van der Waals surface area (Å²) in [5.41, 5.74) is 0.774. The number of likely N-dealkylation sites (tertiary alicyclic amines) is 2. The van der Waals surface area contributed by atoms with Crippen LogP contribution in [0.4, 0.5) is 0 Å². The summed E-state index contributed by atoms with van der Waals surface area (Å²) >= 11 is 0. The average Bonchev–Trinajstić information content (AvgIpc) is 3.14. The predicted molar refractivity (Wildman–Crippen MR) is 101 cm³/mol. The number of hydrogen-bond donors (Lipinski definition) is 1. The number of fused-ring (bicyclic) bond motifs is 1. The molecule has 2 aliphatic rings. The zero-order valence-electron chi connectivity index (χ0n) is 14.9. The number of para-hydroxylation sites is 1. The van der Waals surface area contributed by atoms with E-state index < -0.39 is 0 Å². The van der Waals surface area contributed by atoms with E-state index in [-0.39, 0.29) is 5.56 Å². The third kappa shape index (κ3) is 4.10. The number of nitrogens with one attached hydrogen (secondary N) is 1. The van der Waals surface area contributed by atoms with E-state index in [4.69, 9.17) is 0 Å². The van der Waals surface area contributed by atoms with Crippen molar-refractivity contribution in [2.45, 2.75) is 32.1 Å². The maximum atomic E-state index is 12.1. The van der Waals surface area contributed by atoms with Gasteiger partial charge < -0.3 is 14.8 Å². The first-order valence-corrected chi connectivity index (χ1v) is 9.70. The van der Waals surface area contributed by atoms with Crippen molar-refractivity contribution < 1.29 is 0 Å². The molecule has 0 atom stereocenters. The summed E-state index contributed by atoms with van der Waals surface area (Å²) in [5.74, 6) is 1.68. The normalized spacial score (nSPS) is 20.5. The highest BCUT2D eigenvalue weighted by molar-refractivity contribution is 5.77. The van der Waals surface area contributed by atoms with Gasteiger partial charge >= 0.3 is 0 Å². The molecular formula is C20H28N4O. The van der Waals surface area contributed by atoms with Crippen LogP contribution in [-0.2, 0) is 6.42 Å². The van der Waals surface area contributed by atoms with Gasteiger partial charge in [0.25, 0.3) is 5.56 Å². The van der Waals surface area contributed by atoms with Crippen molar-refractivity contribution in [3.05, 3.63) is 40.4 Å². The monoisotopic (exact) mass is 340 g/mol. The highest BCUT2D eigenvalue weighted by Crippen LogP contribution is 2.20. The molecular weight excluding hydrogens is 312 g/mol. The van der Waals surface area contributed by atoms with E-state index in [1.165, 1.54) is 58.4 Å². The van der Waals surface area contributed by atoms with Gasteiger partial charge in [-0.05, 0) is 69.9 Å². The molecule has 2 fully saturated rings. The summed E-state index contributed by atoms with van der Waals surface area (Å²) in [7, 11) is 0. The molecule has 25 heavy (non-hydrogen) atoms. The largest absolute Gasteiger partial charge is 0.310 e. The first-order valence-electron chi connectivity index (χ1n) is 9.70. The molecule has 0 radical (unpaired) electrons. The molecule has 1 aromatic heterocycles. The van der Waals surface area contributed by atoms with Crippen LogP contribution in [-0.4, -0.2) is 59.0 Å². The van der Waals surface area contributed by atoms with E-state index in [0.717, 1.165) is 30.2 Å². The van der Waals surface area contributed by atoms with Crippen molar-refractivity contribution in [1.82, 2.24) is 19.8 Å². The second kappa shape index (κ2) is 7.67. The predicted octanol–water partition coefficient (Wildman–Crippen LogP) is 2.27. The molecule has 134 valence electrons. The molecule has 3 heterocycles. The van der Waals surface area contributed by atoms with Crippen molar-refractivity contribution in [1.29, 1.82) is 0 Å². The van der Waals surface area contributed by atoms with Crippen LogP contribution in [0.2, 0.25) is 0 Å². The molecule has 0 bridgehead atoms. The fourth-order valence-corrected chi connectivity index (χ4v) is 4.24. The summed E-state index contributed by atoms with van der Waals surface area (Å²) in [6.45, 7) is 7.25. The van der Waals surface area contributed by atoms with Crippen LogP contribution in [0.5, 0.6) is 0 Å². The molecule has 1 aromatic carbocycles. The molecule has 0 saturated carbocycles. The van der Waals surface area contributed by atoms with E-state index >= 15 is 0 Å². The Balaban J connectivity index is 1.28. The molecule has 5 nitrogen and oxygen atoms in total. The molecule has 5 heteroatoms. The number of piperidine rings is 1. The van der Waals surface area contributed by atoms with Crippen LogP contribution in [0.15, 0.2) is 29.1 Å². The summed E-state index contributed by atoms with van der Waals surface area (Å²) in [5, 5.41) is 0.675. The number of aromatic amines is 1. The first kappa shape index (κ1) is 16.7. The van der Waals surface area contributed by atoms with Crippen molar-refractivity contribution in [2.75, 3.05) is 39.3 Å². The lowest BCUT2D eigenvalue weighted by Gasteiger charge is -2.33. The number of benzene rings is 1. The summed E-state index contributed by atoms with van der Waals surface area (Å²) in [6.07, 6.45) is 6.19. The van der Waals surface area contributed by atoms with Crippen molar-refractivity contribution >= 4 is 10.9 Å². The van der Waals surface area contributed by atoms with Gasteiger partial charge in [0.05, 0.1) is 10.9 Å². The van der Waals surface area contributed by atoms with Gasteiger partial charge in [0.1, 0.15) is 5.82 Å². The van der Waals surface area contributed by atoms with Gasteiger partial charge in [0.2, 0.25) is 0 Å². The van der Waals surface area contributed by atoms with Gasteiger partial charge in [-0.25, -0.2) is 4.98 Å². The molecule has 2 saturated heterocycles. The van der Waals surface area contributed by atoms with E-state index in [2.05, 4.69) is 19.8 Å². The van der Waals surface area contributed by atoms with Crippen LogP contribution in [0, 0.1) is 5.92 Å². The zero-order chi connectivity index (χ0) is 17.1. The standard InChI is InChI=1S/C20H28N4O/c25-20-17-5-1-2-6-18(17)21-19(22-20)9-14-23-12-7-16(8-13-23)15-24-10-3-4-11-24/h1-2,5-6,16H,3-4,7-15H2,(H,21,22,25). The number of H-pyrrole nitrogens is 1. The minimum absolute atomic E-state index is 0.0232. The second-order valence-corrected chi connectivity index (χ2v) is 7.57. The fourth-order valence-electron chi connectivity index (χ4n) is 4.24. The molecule has 0 amide bonds. The van der Waals surface area contributed by atoms with Crippen molar-refractivity contribution in [3.63, 3.8) is 0 Å². The van der Waals surface area contributed by atoms with Crippen molar-refractivity contribution in [2.24, 2.45) is 5.92 Å². The molecule has 0 aliphatic carbocycles. The second-order valence-electron chi connectivity index (χ2n) is 7.57. The maximum absolute atomic E-state index is 12.1. The Morgan fingerprint density at radius 1 is 1.04 bits per heavy atom. The topological polar surface area (TPSA) is 52.2 Å². The van der Waals surface area contributed by atoms with Crippen LogP contribution in [0.25, 0.3) is 10.9 Å². The van der Waals surface area contributed by atoms with E-state index in [9.17, 15) is 4.79 Å². The van der Waals surface area contributed by atoms with Crippen LogP contribution in [0.3, 0.4) is 0 Å². The minimum atomic E-state index is -0.0232. The van der Waals surface area contributed by atoms with Crippen LogP contribution in [0.1, 0.15) is 31.5 Å². The Hall–Kier alpha value is -1.72. The molecule has 1 N–H and O–H groups in total. The Morgan fingerprint density at radius 3 is 2.60 bits per heavy atom. The van der Waals surface area contributed by atoms with E-state index in [1.54, 1.807) is 0 Å². The van der Waals surface area contributed by atoms with E-state index in [1.807, 2.05) is 24.3 Å². The van der Waals surface area contributed by atoms with Gasteiger partial charge in [-0.3, -0.25) is 4.79 Å². The fraction of sp³-hybridized carbons (Fsp3) is 0.600. The third-order valence-corrected chi connectivity index (χ3v) is 5.75. The van der Waals surface area contributed by atoms with Crippen LogP contribution >= 0.6 is 0 Å². The third-order valence-electron chi connectivity index (χ3n) is 5.75. The lowest BCUT2D eigenvalue weighted by atomic mass is 9.96. The Labute approximate surface area is 149 Å². The SMILES string of the molecule is O=c1[nH]c(CCN2CCC(CN3CCCC3)CC2)nc2ccccc12. The molecule has 2 aliphatic heterocycles. The van der Waals surface area contributed by atoms with Gasteiger partial charge in [-0.15, -0.1) is 0 Å². The Bertz CT molecular complexity index is 758. The highest BCUT2D eigenvalue weighted by Gasteiger charge is 2.22. The average molecular weight is 340 g/mol. The number of rotatable bonds is 5. The maximum Gasteiger partial charge on any atom is 0.258 e. The van der Waals surface area contributed by atoms with Gasteiger partial charge in [0, 0.05) is 19.5 Å². The van der Waals surface area contributed by atoms with E-state index in [0.29, 0.717) is 5.39 Å². The summed E-state index contributed by atoms with van der Waals surface area (Å²) in [4.78, 5) is 24.9. The lowest BCUT2D eigenvalue weighted by molar-refractivity contribution is 0.155. The zero-order valence-corrected chi connectivity index (χ0v) is 14.9. The van der Waals surface area contributed by atoms with Gasteiger partial charge in [0.15, 0.2) is 0 Å². The van der Waals surface area contributed by atoms with Gasteiger partial charge in [-0.1, -0.05) is 12.1 Å². The van der Waals surface area contributed by atoms with Crippen molar-refractivity contribution in [3.8, 4) is 0 Å². The Morgan fingerprint density at radius 2 is 1.80 bits per heavy atom. The Kier molecular flexibility index (Phi) is 5.13. The molecule has 4 rings (SSSR count). The summed E-state index contributed by atoms with van der Waals surface area (Å²) in [6, 6.07) is 7.56.